The number of aromatic nitrogens is 3. The molecule has 0 aliphatic carbocycles. The van der Waals surface area contributed by atoms with Gasteiger partial charge in [0.15, 0.2) is 0 Å². The molecule has 0 saturated heterocycles. The Bertz CT molecular complexity index is 2010. The third-order valence-corrected chi connectivity index (χ3v) is 8.70. The van der Waals surface area contributed by atoms with Crippen LogP contribution in [0.1, 0.15) is 0 Å². The van der Waals surface area contributed by atoms with E-state index in [1.807, 2.05) is 41.3 Å². The summed E-state index contributed by atoms with van der Waals surface area (Å²) in [6, 6.07) is 19.6. The molecule has 0 aliphatic rings. The molecular weight excluding hydrogens is 418 g/mol. The molecule has 3 nitrogen and oxygen atoms in total. The van der Waals surface area contributed by atoms with Crippen LogP contribution in [0, 0.1) is 0 Å². The van der Waals surface area contributed by atoms with Crippen molar-refractivity contribution in [3.63, 3.8) is 0 Å². The van der Waals surface area contributed by atoms with Gasteiger partial charge in [-0.1, -0.05) is 36.4 Å². The summed E-state index contributed by atoms with van der Waals surface area (Å²) in [7, 11) is 0. The monoisotopic (exact) mass is 431 g/mol. The van der Waals surface area contributed by atoms with Crippen LogP contribution in [-0.2, 0) is 0 Å². The van der Waals surface area contributed by atoms with E-state index in [1.54, 1.807) is 0 Å². The first kappa shape index (κ1) is 16.2. The summed E-state index contributed by atoms with van der Waals surface area (Å²) in [4.78, 5) is 9.25. The number of pyridine rings is 2. The molecule has 8 aromatic rings. The van der Waals surface area contributed by atoms with Gasteiger partial charge in [-0.25, -0.2) is 4.98 Å². The molecule has 0 aliphatic heterocycles. The number of imidazole rings is 1. The van der Waals surface area contributed by atoms with E-state index in [-0.39, 0.29) is 0 Å². The van der Waals surface area contributed by atoms with Crippen molar-refractivity contribution in [2.24, 2.45) is 0 Å². The van der Waals surface area contributed by atoms with Crippen LogP contribution in [0.25, 0.3) is 67.7 Å². The lowest BCUT2D eigenvalue weighted by atomic mass is 9.99. The number of nitrogens with zero attached hydrogens (tertiary/aromatic N) is 3. The standard InChI is InChI=1S/C26H13N3S2/c1-3-7-18-15(5-1)21-20-17-13-27-10-9-14(17)26-28-11-12-29(26)23(20)25-22(24(21)30-18)16-6-2-4-8-19(16)31-25/h1-13H. The average molecular weight is 432 g/mol. The minimum absolute atomic E-state index is 0.988. The van der Waals surface area contributed by atoms with E-state index in [2.05, 4.69) is 70.2 Å². The lowest BCUT2D eigenvalue weighted by molar-refractivity contribution is 1.28. The van der Waals surface area contributed by atoms with Gasteiger partial charge >= 0.3 is 0 Å². The molecule has 5 aromatic heterocycles. The number of rotatable bonds is 0. The smallest absolute Gasteiger partial charge is 0.145 e. The van der Waals surface area contributed by atoms with Crippen molar-refractivity contribution in [2.75, 3.05) is 0 Å². The molecular formula is C26H13N3S2. The normalized spacial score (nSPS) is 12.5. The van der Waals surface area contributed by atoms with Gasteiger partial charge in [0.25, 0.3) is 0 Å². The summed E-state index contributed by atoms with van der Waals surface area (Å²) >= 11 is 3.78. The van der Waals surface area contributed by atoms with Crippen molar-refractivity contribution < 1.29 is 0 Å². The predicted octanol–water partition coefficient (Wildman–Crippen LogP) is 7.77. The maximum atomic E-state index is 4.73. The van der Waals surface area contributed by atoms with Crippen LogP contribution in [0.3, 0.4) is 0 Å². The number of hydrogen-bond donors (Lipinski definition) is 0. The van der Waals surface area contributed by atoms with Gasteiger partial charge in [0.1, 0.15) is 5.65 Å². The molecule has 0 radical (unpaired) electrons. The molecule has 0 amide bonds. The first-order valence-electron chi connectivity index (χ1n) is 10.2. The molecule has 0 N–H and O–H groups in total. The highest BCUT2D eigenvalue weighted by atomic mass is 32.1. The molecule has 0 fully saturated rings. The van der Waals surface area contributed by atoms with Gasteiger partial charge in [0.2, 0.25) is 0 Å². The molecule has 0 spiro atoms. The summed E-state index contributed by atoms with van der Waals surface area (Å²) in [5, 5.41) is 8.94. The Labute approximate surface area is 183 Å². The van der Waals surface area contributed by atoms with Crippen molar-refractivity contribution in [1.29, 1.82) is 0 Å². The lowest BCUT2D eigenvalue weighted by Crippen LogP contribution is -1.92. The van der Waals surface area contributed by atoms with Crippen molar-refractivity contribution in [3.05, 3.63) is 79.4 Å². The van der Waals surface area contributed by atoms with Crippen molar-refractivity contribution in [1.82, 2.24) is 14.4 Å². The van der Waals surface area contributed by atoms with E-state index in [9.17, 15) is 0 Å². The van der Waals surface area contributed by atoms with E-state index in [1.165, 1.54) is 56.6 Å². The summed E-state index contributed by atoms with van der Waals surface area (Å²) in [5.41, 5.74) is 2.22. The zero-order valence-corrected chi connectivity index (χ0v) is 17.8. The Morgan fingerprint density at radius 2 is 1.39 bits per heavy atom. The summed E-state index contributed by atoms with van der Waals surface area (Å²) < 4.78 is 7.61. The highest BCUT2D eigenvalue weighted by molar-refractivity contribution is 7.30. The predicted molar refractivity (Wildman–Crippen MR) is 134 cm³/mol. The van der Waals surface area contributed by atoms with E-state index >= 15 is 0 Å². The van der Waals surface area contributed by atoms with Crippen LogP contribution in [-0.4, -0.2) is 14.4 Å². The first-order valence-corrected chi connectivity index (χ1v) is 11.8. The second-order valence-corrected chi connectivity index (χ2v) is 9.97. The number of hydrogen-bond acceptors (Lipinski definition) is 4. The maximum Gasteiger partial charge on any atom is 0.145 e. The molecule has 31 heavy (non-hydrogen) atoms. The number of fused-ring (bicyclic) bond motifs is 15. The van der Waals surface area contributed by atoms with E-state index in [0.29, 0.717) is 0 Å². The molecule has 144 valence electrons. The van der Waals surface area contributed by atoms with Crippen LogP contribution >= 0.6 is 22.7 Å². The van der Waals surface area contributed by atoms with Gasteiger partial charge in [0.05, 0.1) is 10.2 Å². The topological polar surface area (TPSA) is 30.2 Å². The zero-order chi connectivity index (χ0) is 20.1. The fraction of sp³-hybridized carbons (Fsp3) is 0. The third kappa shape index (κ3) is 1.89. The van der Waals surface area contributed by atoms with Crippen LogP contribution in [0.4, 0.5) is 0 Å². The molecule has 0 bridgehead atoms. The summed E-state index contributed by atoms with van der Waals surface area (Å²) in [5.74, 6) is 0. The van der Waals surface area contributed by atoms with Gasteiger partial charge in [0, 0.05) is 76.6 Å². The fourth-order valence-corrected chi connectivity index (χ4v) is 7.70. The van der Waals surface area contributed by atoms with Crippen LogP contribution in [0.2, 0.25) is 0 Å². The molecule has 3 aromatic carbocycles. The Morgan fingerprint density at radius 3 is 2.23 bits per heavy atom. The van der Waals surface area contributed by atoms with Gasteiger partial charge in [-0.05, 0) is 18.2 Å². The maximum absolute atomic E-state index is 4.73. The fourth-order valence-electron chi connectivity index (χ4n) is 5.10. The van der Waals surface area contributed by atoms with Crippen molar-refractivity contribution >= 4 is 90.3 Å². The van der Waals surface area contributed by atoms with Gasteiger partial charge in [-0.3, -0.25) is 9.38 Å². The van der Waals surface area contributed by atoms with E-state index in [4.69, 9.17) is 4.98 Å². The summed E-state index contributed by atoms with van der Waals surface area (Å²) in [6.07, 6.45) is 7.88. The Kier molecular flexibility index (Phi) is 2.91. The molecule has 8 rings (SSSR count). The third-order valence-electron chi connectivity index (χ3n) is 6.33. The minimum Gasteiger partial charge on any atom is -0.298 e. The van der Waals surface area contributed by atoms with Gasteiger partial charge in [-0.15, -0.1) is 22.7 Å². The molecule has 0 atom stereocenters. The molecule has 0 unspecified atom stereocenters. The quantitative estimate of drug-likeness (QED) is 0.230. The SMILES string of the molecule is c1ccc2c(c1)sc1c2c2sc3ccccc3c2c2c3cnccc3c3nccn3c12. The van der Waals surface area contributed by atoms with E-state index in [0.717, 1.165) is 11.0 Å². The molecule has 5 heterocycles. The molecule has 0 saturated carbocycles. The Morgan fingerprint density at radius 1 is 0.645 bits per heavy atom. The van der Waals surface area contributed by atoms with Gasteiger partial charge in [-0.2, -0.15) is 0 Å². The summed E-state index contributed by atoms with van der Waals surface area (Å²) in [6.45, 7) is 0. The van der Waals surface area contributed by atoms with Crippen LogP contribution < -0.4 is 0 Å². The Balaban J connectivity index is 1.88. The van der Waals surface area contributed by atoms with E-state index < -0.39 is 0 Å². The molecule has 5 heteroatoms. The van der Waals surface area contributed by atoms with Crippen LogP contribution in [0.15, 0.2) is 79.4 Å². The highest BCUT2D eigenvalue weighted by Gasteiger charge is 2.22. The second-order valence-electron chi connectivity index (χ2n) is 7.87. The number of thiophene rings is 2. The van der Waals surface area contributed by atoms with Crippen molar-refractivity contribution in [2.45, 2.75) is 0 Å². The van der Waals surface area contributed by atoms with Crippen molar-refractivity contribution in [3.8, 4) is 0 Å². The average Bonchev–Trinajstić information content (AvgIpc) is 3.53. The number of benzene rings is 3. The minimum atomic E-state index is 0.988. The van der Waals surface area contributed by atoms with Gasteiger partial charge < -0.3 is 0 Å². The Hall–Kier alpha value is -3.54. The zero-order valence-electron chi connectivity index (χ0n) is 16.2. The first-order chi connectivity index (χ1) is 15.4. The highest BCUT2D eigenvalue weighted by Crippen LogP contribution is 2.50. The van der Waals surface area contributed by atoms with Crippen LogP contribution in [0.5, 0.6) is 0 Å². The second kappa shape index (κ2) is 5.58. The largest absolute Gasteiger partial charge is 0.298 e. The lowest BCUT2D eigenvalue weighted by Gasteiger charge is -2.11.